The number of aliphatic hydroxyl groups excluding tert-OH is 2. The molecule has 27 heavy (non-hydrogen) atoms. The number of hydrogen-bond donors (Lipinski definition) is 3. The van der Waals surface area contributed by atoms with Crippen LogP contribution in [0.4, 0.5) is 4.79 Å². The van der Waals surface area contributed by atoms with E-state index < -0.39 is 18.3 Å². The second-order valence-corrected chi connectivity index (χ2v) is 5.80. The van der Waals surface area contributed by atoms with E-state index in [1.54, 1.807) is 18.2 Å². The summed E-state index contributed by atoms with van der Waals surface area (Å²) in [4.78, 5) is 11.7. The highest BCUT2D eigenvalue weighted by Crippen LogP contribution is 2.31. The summed E-state index contributed by atoms with van der Waals surface area (Å²) in [6, 6.07) is 14.1. The fraction of sp³-hybridized carbons (Fsp3) is 0.350. The van der Waals surface area contributed by atoms with Crippen molar-refractivity contribution in [3.05, 3.63) is 59.7 Å². The van der Waals surface area contributed by atoms with Gasteiger partial charge in [0.15, 0.2) is 11.5 Å². The SMILES string of the molecule is CCOc1cc(C(O)C(O)CNC(=O)OCc2ccccc2)ccc1OC. The summed E-state index contributed by atoms with van der Waals surface area (Å²) in [6.07, 6.45) is -3.09. The Bertz CT molecular complexity index is 722. The molecule has 0 aliphatic rings. The standard InChI is InChI=1S/C20H25NO6/c1-3-26-18-11-15(9-10-17(18)25-2)19(23)16(22)12-21-20(24)27-13-14-7-5-4-6-8-14/h4-11,16,19,22-23H,3,12-13H2,1-2H3,(H,21,24). The predicted octanol–water partition coefficient (Wildman–Crippen LogP) is 2.41. The molecule has 0 fully saturated rings. The predicted molar refractivity (Wildman–Crippen MR) is 99.8 cm³/mol. The summed E-state index contributed by atoms with van der Waals surface area (Å²) in [5, 5.41) is 22.9. The van der Waals surface area contributed by atoms with E-state index in [2.05, 4.69) is 5.32 Å². The van der Waals surface area contributed by atoms with Gasteiger partial charge in [-0.05, 0) is 30.2 Å². The number of nitrogens with one attached hydrogen (secondary N) is 1. The van der Waals surface area contributed by atoms with E-state index in [-0.39, 0.29) is 13.2 Å². The summed E-state index contributed by atoms with van der Waals surface area (Å²) in [7, 11) is 1.52. The molecule has 2 aromatic carbocycles. The first-order valence-corrected chi connectivity index (χ1v) is 8.66. The molecule has 0 heterocycles. The van der Waals surface area contributed by atoms with E-state index >= 15 is 0 Å². The maximum atomic E-state index is 11.7. The summed E-state index contributed by atoms with van der Waals surface area (Å²) in [5.74, 6) is 1.00. The third-order valence-electron chi connectivity index (χ3n) is 3.86. The zero-order valence-corrected chi connectivity index (χ0v) is 15.4. The van der Waals surface area contributed by atoms with Crippen molar-refractivity contribution in [3.8, 4) is 11.5 Å². The molecular weight excluding hydrogens is 350 g/mol. The first-order valence-electron chi connectivity index (χ1n) is 8.66. The van der Waals surface area contributed by atoms with Gasteiger partial charge < -0.3 is 29.7 Å². The van der Waals surface area contributed by atoms with E-state index in [1.807, 2.05) is 37.3 Å². The largest absolute Gasteiger partial charge is 0.493 e. The number of benzene rings is 2. The lowest BCUT2D eigenvalue weighted by atomic mass is 10.0. The molecule has 2 unspecified atom stereocenters. The monoisotopic (exact) mass is 375 g/mol. The summed E-state index contributed by atoms with van der Waals surface area (Å²) in [5.41, 5.74) is 1.31. The molecule has 2 aromatic rings. The quantitative estimate of drug-likeness (QED) is 0.623. The van der Waals surface area contributed by atoms with Gasteiger partial charge in [-0.25, -0.2) is 4.79 Å². The fourth-order valence-electron chi connectivity index (χ4n) is 2.44. The number of rotatable bonds is 9. The summed E-state index contributed by atoms with van der Waals surface area (Å²) >= 11 is 0. The Morgan fingerprint density at radius 1 is 1.11 bits per heavy atom. The smallest absolute Gasteiger partial charge is 0.407 e. The molecule has 0 saturated heterocycles. The van der Waals surface area contributed by atoms with Crippen molar-refractivity contribution in [1.29, 1.82) is 0 Å². The van der Waals surface area contributed by atoms with Crippen LogP contribution in [0.1, 0.15) is 24.2 Å². The molecule has 0 spiro atoms. The second-order valence-electron chi connectivity index (χ2n) is 5.80. The lowest BCUT2D eigenvalue weighted by Gasteiger charge is -2.20. The zero-order chi connectivity index (χ0) is 19.6. The Morgan fingerprint density at radius 3 is 2.52 bits per heavy atom. The minimum absolute atomic E-state index is 0.127. The number of carbonyl (C=O) groups excluding carboxylic acids is 1. The third-order valence-corrected chi connectivity index (χ3v) is 3.86. The van der Waals surface area contributed by atoms with Gasteiger partial charge in [-0.2, -0.15) is 0 Å². The van der Waals surface area contributed by atoms with Crippen LogP contribution in [0, 0.1) is 0 Å². The molecule has 7 nitrogen and oxygen atoms in total. The molecule has 2 atom stereocenters. The fourth-order valence-corrected chi connectivity index (χ4v) is 2.44. The molecule has 7 heteroatoms. The molecule has 1 amide bonds. The van der Waals surface area contributed by atoms with Crippen molar-refractivity contribution in [3.63, 3.8) is 0 Å². The molecule has 0 aliphatic heterocycles. The van der Waals surface area contributed by atoms with E-state index in [0.29, 0.717) is 23.7 Å². The highest BCUT2D eigenvalue weighted by Gasteiger charge is 2.21. The topological polar surface area (TPSA) is 97.2 Å². The molecule has 3 N–H and O–H groups in total. The highest BCUT2D eigenvalue weighted by molar-refractivity contribution is 5.67. The first-order chi connectivity index (χ1) is 13.0. The number of amides is 1. The summed E-state index contributed by atoms with van der Waals surface area (Å²) in [6.45, 7) is 2.24. The minimum Gasteiger partial charge on any atom is -0.493 e. The van der Waals surface area contributed by atoms with Crippen LogP contribution in [0.5, 0.6) is 11.5 Å². The number of carbonyl (C=O) groups is 1. The van der Waals surface area contributed by atoms with Gasteiger partial charge in [0.1, 0.15) is 18.8 Å². The van der Waals surface area contributed by atoms with Gasteiger partial charge in [0.05, 0.1) is 13.7 Å². The van der Waals surface area contributed by atoms with E-state index in [1.165, 1.54) is 7.11 Å². The van der Waals surface area contributed by atoms with Crippen LogP contribution in [-0.2, 0) is 11.3 Å². The molecule has 2 rings (SSSR count). The average Bonchev–Trinajstić information content (AvgIpc) is 2.70. The Hall–Kier alpha value is -2.77. The molecule has 0 bridgehead atoms. The van der Waals surface area contributed by atoms with Crippen LogP contribution in [0.15, 0.2) is 48.5 Å². The van der Waals surface area contributed by atoms with Crippen LogP contribution in [0.3, 0.4) is 0 Å². The van der Waals surface area contributed by atoms with E-state index in [4.69, 9.17) is 14.2 Å². The second kappa shape index (κ2) is 10.4. The van der Waals surface area contributed by atoms with Gasteiger partial charge in [0.25, 0.3) is 0 Å². The Kier molecular flexibility index (Phi) is 7.91. The van der Waals surface area contributed by atoms with Gasteiger partial charge in [-0.1, -0.05) is 36.4 Å². The molecular formula is C20H25NO6. The lowest BCUT2D eigenvalue weighted by molar-refractivity contribution is 0.0182. The van der Waals surface area contributed by atoms with Gasteiger partial charge in [-0.3, -0.25) is 0 Å². The molecule has 0 aliphatic carbocycles. The molecule has 146 valence electrons. The Morgan fingerprint density at radius 2 is 1.85 bits per heavy atom. The van der Waals surface area contributed by atoms with Crippen LogP contribution >= 0.6 is 0 Å². The number of alkyl carbamates (subject to hydrolysis) is 1. The minimum atomic E-state index is -1.21. The van der Waals surface area contributed by atoms with Crippen LogP contribution in [0.2, 0.25) is 0 Å². The van der Waals surface area contributed by atoms with E-state index in [9.17, 15) is 15.0 Å². The third kappa shape index (κ3) is 6.16. The van der Waals surface area contributed by atoms with E-state index in [0.717, 1.165) is 5.56 Å². The normalized spacial score (nSPS) is 12.7. The highest BCUT2D eigenvalue weighted by atomic mass is 16.5. The maximum absolute atomic E-state index is 11.7. The van der Waals surface area contributed by atoms with Crippen molar-refractivity contribution in [2.24, 2.45) is 0 Å². The summed E-state index contributed by atoms with van der Waals surface area (Å²) < 4.78 is 15.7. The Balaban J connectivity index is 1.86. The Labute approximate surface area is 158 Å². The van der Waals surface area contributed by atoms with Crippen molar-refractivity contribution >= 4 is 6.09 Å². The molecule has 0 radical (unpaired) electrons. The van der Waals surface area contributed by atoms with Gasteiger partial charge in [-0.15, -0.1) is 0 Å². The molecule has 0 saturated carbocycles. The number of aliphatic hydroxyl groups is 2. The zero-order valence-electron chi connectivity index (χ0n) is 15.4. The van der Waals surface area contributed by atoms with Crippen molar-refractivity contribution in [2.75, 3.05) is 20.3 Å². The first kappa shape index (κ1) is 20.5. The van der Waals surface area contributed by atoms with Crippen molar-refractivity contribution in [2.45, 2.75) is 25.7 Å². The number of hydrogen-bond acceptors (Lipinski definition) is 6. The van der Waals surface area contributed by atoms with Crippen LogP contribution in [-0.4, -0.2) is 42.7 Å². The molecule has 0 aromatic heterocycles. The van der Waals surface area contributed by atoms with Crippen molar-refractivity contribution in [1.82, 2.24) is 5.32 Å². The number of ether oxygens (including phenoxy) is 3. The van der Waals surface area contributed by atoms with Gasteiger partial charge in [0.2, 0.25) is 0 Å². The lowest BCUT2D eigenvalue weighted by Crippen LogP contribution is -2.35. The average molecular weight is 375 g/mol. The maximum Gasteiger partial charge on any atom is 0.407 e. The van der Waals surface area contributed by atoms with Gasteiger partial charge >= 0.3 is 6.09 Å². The van der Waals surface area contributed by atoms with Crippen LogP contribution < -0.4 is 14.8 Å². The van der Waals surface area contributed by atoms with Crippen molar-refractivity contribution < 1.29 is 29.2 Å². The van der Waals surface area contributed by atoms with Crippen LogP contribution in [0.25, 0.3) is 0 Å². The van der Waals surface area contributed by atoms with Gasteiger partial charge in [0, 0.05) is 6.54 Å². The number of methoxy groups -OCH3 is 1.